The normalized spacial score (nSPS) is 10.4. The van der Waals surface area contributed by atoms with Crippen LogP contribution in [0.1, 0.15) is 16.1 Å². The molecule has 0 atom stereocenters. The number of ether oxygens (including phenoxy) is 1. The molecular weight excluding hydrogens is 178 g/mol. The van der Waals surface area contributed by atoms with Gasteiger partial charge in [0.2, 0.25) is 0 Å². The molecule has 2 aromatic rings. The Bertz CT molecular complexity index is 485. The van der Waals surface area contributed by atoms with Crippen molar-refractivity contribution in [3.63, 3.8) is 0 Å². The summed E-state index contributed by atoms with van der Waals surface area (Å²) in [5, 5.41) is 0.983. The number of hydrogen-bond acceptors (Lipinski definition) is 2. The van der Waals surface area contributed by atoms with Gasteiger partial charge in [0.15, 0.2) is 6.29 Å². The highest BCUT2D eigenvalue weighted by Crippen LogP contribution is 2.29. The Labute approximate surface area is 81.7 Å². The molecule has 1 aromatic heterocycles. The largest absolute Gasteiger partial charge is 0.496 e. The van der Waals surface area contributed by atoms with E-state index in [0.29, 0.717) is 5.69 Å². The van der Waals surface area contributed by atoms with E-state index < -0.39 is 0 Å². The summed E-state index contributed by atoms with van der Waals surface area (Å²) in [5.41, 5.74) is 2.49. The third-order valence-corrected chi connectivity index (χ3v) is 2.41. The smallest absolute Gasteiger partial charge is 0.166 e. The molecule has 0 radical (unpaired) electrons. The summed E-state index contributed by atoms with van der Waals surface area (Å²) in [6, 6.07) is 5.71. The summed E-state index contributed by atoms with van der Waals surface area (Å²) in [6.45, 7) is 1.91. The molecule has 14 heavy (non-hydrogen) atoms. The number of aryl methyl sites for hydroxylation is 1. The van der Waals surface area contributed by atoms with Crippen LogP contribution in [0.3, 0.4) is 0 Å². The summed E-state index contributed by atoms with van der Waals surface area (Å²) < 4.78 is 5.23. The molecule has 3 heteroatoms. The van der Waals surface area contributed by atoms with Gasteiger partial charge in [-0.1, -0.05) is 6.07 Å². The van der Waals surface area contributed by atoms with Gasteiger partial charge >= 0.3 is 0 Å². The van der Waals surface area contributed by atoms with E-state index in [0.717, 1.165) is 28.5 Å². The molecule has 1 heterocycles. The van der Waals surface area contributed by atoms with Gasteiger partial charge in [-0.25, -0.2) is 0 Å². The predicted octanol–water partition coefficient (Wildman–Crippen LogP) is 2.30. The Morgan fingerprint density at radius 2 is 2.21 bits per heavy atom. The number of benzene rings is 1. The Kier molecular flexibility index (Phi) is 2.00. The molecular formula is C11H11NO2. The minimum absolute atomic E-state index is 0.615. The molecule has 0 bridgehead atoms. The summed E-state index contributed by atoms with van der Waals surface area (Å²) in [6.07, 6.45) is 0.828. The van der Waals surface area contributed by atoms with E-state index in [1.165, 1.54) is 0 Å². The average Bonchev–Trinajstić information content (AvgIpc) is 2.55. The number of carbonyl (C=O) groups excluding carboxylic acids is 1. The van der Waals surface area contributed by atoms with E-state index in [2.05, 4.69) is 4.98 Å². The maximum atomic E-state index is 10.7. The first-order valence-corrected chi connectivity index (χ1v) is 4.38. The first kappa shape index (κ1) is 8.81. The second-order valence-corrected chi connectivity index (χ2v) is 3.16. The first-order valence-electron chi connectivity index (χ1n) is 4.38. The van der Waals surface area contributed by atoms with Crippen molar-refractivity contribution >= 4 is 17.2 Å². The number of aromatic nitrogens is 1. The second-order valence-electron chi connectivity index (χ2n) is 3.16. The van der Waals surface area contributed by atoms with Crippen molar-refractivity contribution in [1.82, 2.24) is 4.98 Å². The number of carbonyl (C=O) groups is 1. The number of H-pyrrole nitrogens is 1. The monoisotopic (exact) mass is 189 g/mol. The quantitative estimate of drug-likeness (QED) is 0.736. The lowest BCUT2D eigenvalue weighted by atomic mass is 10.1. The topological polar surface area (TPSA) is 42.1 Å². The number of rotatable bonds is 2. The van der Waals surface area contributed by atoms with Crippen molar-refractivity contribution in [2.75, 3.05) is 7.11 Å². The van der Waals surface area contributed by atoms with Crippen molar-refractivity contribution in [3.05, 3.63) is 29.5 Å². The van der Waals surface area contributed by atoms with Gasteiger partial charge in [0.25, 0.3) is 0 Å². The average molecular weight is 189 g/mol. The molecule has 72 valence electrons. The lowest BCUT2D eigenvalue weighted by Crippen LogP contribution is -1.84. The van der Waals surface area contributed by atoms with Crippen LogP contribution in [0.25, 0.3) is 10.9 Å². The summed E-state index contributed by atoms with van der Waals surface area (Å²) in [5.74, 6) is 0.796. The highest BCUT2D eigenvalue weighted by Gasteiger charge is 2.10. The van der Waals surface area contributed by atoms with Crippen LogP contribution in [0, 0.1) is 6.92 Å². The molecule has 1 N–H and O–H groups in total. The number of nitrogens with one attached hydrogen (secondary N) is 1. The van der Waals surface area contributed by atoms with Crippen molar-refractivity contribution in [2.24, 2.45) is 0 Å². The molecule has 0 aliphatic carbocycles. The standard InChI is InChI=1S/C11H11NO2/c1-7-9(6-13)12-8-4-3-5-10(14-2)11(7)8/h3-6,12H,1-2H3. The van der Waals surface area contributed by atoms with Crippen LogP contribution in [-0.2, 0) is 0 Å². The van der Waals surface area contributed by atoms with Gasteiger partial charge in [-0.2, -0.15) is 0 Å². The molecule has 0 fully saturated rings. The number of aromatic amines is 1. The summed E-state index contributed by atoms with van der Waals surface area (Å²) in [7, 11) is 1.63. The third kappa shape index (κ3) is 1.09. The third-order valence-electron chi connectivity index (χ3n) is 2.41. The molecule has 0 unspecified atom stereocenters. The van der Waals surface area contributed by atoms with Gasteiger partial charge in [0, 0.05) is 10.9 Å². The van der Waals surface area contributed by atoms with Gasteiger partial charge in [0.1, 0.15) is 5.75 Å². The van der Waals surface area contributed by atoms with Gasteiger partial charge in [-0.3, -0.25) is 4.79 Å². The van der Waals surface area contributed by atoms with E-state index in [1.807, 2.05) is 25.1 Å². The second kappa shape index (κ2) is 3.18. The van der Waals surface area contributed by atoms with Crippen LogP contribution in [0.4, 0.5) is 0 Å². The van der Waals surface area contributed by atoms with E-state index in [-0.39, 0.29) is 0 Å². The van der Waals surface area contributed by atoms with E-state index in [1.54, 1.807) is 7.11 Å². The molecule has 0 aliphatic heterocycles. The zero-order valence-corrected chi connectivity index (χ0v) is 8.13. The Morgan fingerprint density at radius 3 is 2.86 bits per heavy atom. The molecule has 0 spiro atoms. The summed E-state index contributed by atoms with van der Waals surface area (Å²) >= 11 is 0. The fraction of sp³-hybridized carbons (Fsp3) is 0.182. The van der Waals surface area contributed by atoms with Gasteiger partial charge in [0.05, 0.1) is 12.8 Å². The fourth-order valence-corrected chi connectivity index (χ4v) is 1.68. The number of fused-ring (bicyclic) bond motifs is 1. The Morgan fingerprint density at radius 1 is 1.43 bits per heavy atom. The van der Waals surface area contributed by atoms with E-state index in [9.17, 15) is 4.79 Å². The predicted molar refractivity (Wildman–Crippen MR) is 55.0 cm³/mol. The van der Waals surface area contributed by atoms with Crippen molar-refractivity contribution in [1.29, 1.82) is 0 Å². The van der Waals surface area contributed by atoms with Gasteiger partial charge < -0.3 is 9.72 Å². The van der Waals surface area contributed by atoms with Crippen LogP contribution in [-0.4, -0.2) is 18.4 Å². The van der Waals surface area contributed by atoms with Crippen LogP contribution in [0.5, 0.6) is 5.75 Å². The Balaban J connectivity index is 2.85. The minimum atomic E-state index is 0.615. The number of aldehydes is 1. The lowest BCUT2D eigenvalue weighted by molar-refractivity contribution is 0.111. The molecule has 0 amide bonds. The number of methoxy groups -OCH3 is 1. The molecule has 3 nitrogen and oxygen atoms in total. The molecule has 0 aliphatic rings. The van der Waals surface area contributed by atoms with Crippen LogP contribution < -0.4 is 4.74 Å². The highest BCUT2D eigenvalue weighted by atomic mass is 16.5. The maximum Gasteiger partial charge on any atom is 0.166 e. The lowest BCUT2D eigenvalue weighted by Gasteiger charge is -2.01. The highest BCUT2D eigenvalue weighted by molar-refractivity contribution is 5.95. The number of hydrogen-bond donors (Lipinski definition) is 1. The minimum Gasteiger partial charge on any atom is -0.496 e. The van der Waals surface area contributed by atoms with Crippen LogP contribution in [0.15, 0.2) is 18.2 Å². The van der Waals surface area contributed by atoms with Gasteiger partial charge in [-0.15, -0.1) is 0 Å². The van der Waals surface area contributed by atoms with E-state index in [4.69, 9.17) is 4.74 Å². The molecule has 0 saturated heterocycles. The van der Waals surface area contributed by atoms with E-state index >= 15 is 0 Å². The summed E-state index contributed by atoms with van der Waals surface area (Å²) in [4.78, 5) is 13.8. The Hall–Kier alpha value is -1.77. The van der Waals surface area contributed by atoms with Crippen LogP contribution >= 0.6 is 0 Å². The first-order chi connectivity index (χ1) is 6.77. The fourth-order valence-electron chi connectivity index (χ4n) is 1.68. The van der Waals surface area contributed by atoms with Gasteiger partial charge in [-0.05, 0) is 24.6 Å². The molecule has 2 rings (SSSR count). The van der Waals surface area contributed by atoms with Crippen LogP contribution in [0.2, 0.25) is 0 Å². The molecule has 1 aromatic carbocycles. The maximum absolute atomic E-state index is 10.7. The van der Waals surface area contributed by atoms with Crippen molar-refractivity contribution < 1.29 is 9.53 Å². The van der Waals surface area contributed by atoms with Crippen molar-refractivity contribution in [2.45, 2.75) is 6.92 Å². The van der Waals surface area contributed by atoms with Crippen molar-refractivity contribution in [3.8, 4) is 5.75 Å². The SMILES string of the molecule is COc1cccc2[nH]c(C=O)c(C)c12. The zero-order chi connectivity index (χ0) is 10.1. The zero-order valence-electron chi connectivity index (χ0n) is 8.13. The molecule has 0 saturated carbocycles.